The van der Waals surface area contributed by atoms with Gasteiger partial charge in [-0.2, -0.15) is 0 Å². The van der Waals surface area contributed by atoms with Crippen molar-refractivity contribution in [2.75, 3.05) is 39.8 Å². The number of hydrogen-bond donors (Lipinski definition) is 1. The third-order valence-electron chi connectivity index (χ3n) is 5.10. The highest BCUT2D eigenvalue weighted by atomic mass is 35.5. The molecule has 0 unspecified atom stereocenters. The van der Waals surface area contributed by atoms with E-state index < -0.39 is 0 Å². The predicted molar refractivity (Wildman–Crippen MR) is 112 cm³/mol. The Kier molecular flexibility index (Phi) is 6.29. The molecule has 0 saturated carbocycles. The molecule has 1 aromatic heterocycles. The maximum Gasteiger partial charge on any atom is 0.289 e. The second-order valence-corrected chi connectivity index (χ2v) is 7.93. The number of rotatable bonds is 4. The first-order valence-electron chi connectivity index (χ1n) is 9.46. The van der Waals surface area contributed by atoms with Crippen LogP contribution in [0.5, 0.6) is 0 Å². The monoisotopic (exact) mass is 402 g/mol. The molecule has 7 heteroatoms. The van der Waals surface area contributed by atoms with E-state index >= 15 is 0 Å². The van der Waals surface area contributed by atoms with Crippen LogP contribution in [0.15, 0.2) is 52.1 Å². The van der Waals surface area contributed by atoms with Gasteiger partial charge >= 0.3 is 0 Å². The fraction of sp³-hybridized carbons (Fsp3) is 0.429. The number of halogens is 1. The first-order valence-corrected chi connectivity index (χ1v) is 9.83. The van der Waals surface area contributed by atoms with Crippen molar-refractivity contribution >= 4 is 23.5 Å². The van der Waals surface area contributed by atoms with Crippen molar-refractivity contribution in [3.05, 3.63) is 59.0 Å². The zero-order chi connectivity index (χ0) is 20.1. The molecular weight excluding hydrogens is 376 g/mol. The van der Waals surface area contributed by atoms with Crippen LogP contribution in [0.25, 0.3) is 0 Å². The molecular formula is C21H27ClN4O2. The maximum atomic E-state index is 12.4. The highest BCUT2D eigenvalue weighted by Crippen LogP contribution is 2.29. The molecule has 0 atom stereocenters. The van der Waals surface area contributed by atoms with E-state index in [9.17, 15) is 4.79 Å². The summed E-state index contributed by atoms with van der Waals surface area (Å²) in [6, 6.07) is 11.4. The van der Waals surface area contributed by atoms with Crippen LogP contribution in [0.2, 0.25) is 5.02 Å². The Bertz CT molecular complexity index is 825. The van der Waals surface area contributed by atoms with Crippen LogP contribution in [0.4, 0.5) is 0 Å². The molecule has 1 aromatic carbocycles. The van der Waals surface area contributed by atoms with Gasteiger partial charge in [-0.25, -0.2) is 0 Å². The summed E-state index contributed by atoms with van der Waals surface area (Å²) in [5, 5.41) is 4.24. The zero-order valence-corrected chi connectivity index (χ0v) is 17.4. The molecule has 1 amide bonds. The highest BCUT2D eigenvalue weighted by molar-refractivity contribution is 6.31. The molecule has 0 aliphatic carbocycles. The van der Waals surface area contributed by atoms with Crippen molar-refractivity contribution in [2.45, 2.75) is 19.3 Å². The largest absolute Gasteiger partial charge is 0.459 e. The van der Waals surface area contributed by atoms with Gasteiger partial charge in [0.2, 0.25) is 0 Å². The summed E-state index contributed by atoms with van der Waals surface area (Å²) in [5.41, 5.74) is 0.958. The van der Waals surface area contributed by atoms with E-state index in [2.05, 4.69) is 35.1 Å². The molecule has 1 aliphatic heterocycles. The van der Waals surface area contributed by atoms with Gasteiger partial charge in [0, 0.05) is 50.2 Å². The predicted octanol–water partition coefficient (Wildman–Crippen LogP) is 3.24. The van der Waals surface area contributed by atoms with Gasteiger partial charge in [-0.05, 0) is 23.8 Å². The fourth-order valence-corrected chi connectivity index (χ4v) is 3.81. The standard InChI is InChI=1S/C21H27ClN4O2/c1-21(2,16-7-4-5-8-17(16)22)15-24-20(23-3)26-12-10-25(11-13-26)19(27)18-9-6-14-28-18/h4-9,14H,10-13,15H2,1-3H3,(H,23,24). The van der Waals surface area contributed by atoms with E-state index in [1.165, 1.54) is 6.26 Å². The molecule has 1 aliphatic rings. The van der Waals surface area contributed by atoms with Crippen LogP contribution in [-0.4, -0.2) is 61.4 Å². The summed E-state index contributed by atoms with van der Waals surface area (Å²) < 4.78 is 5.22. The lowest BCUT2D eigenvalue weighted by molar-refractivity contribution is 0.0657. The second kappa shape index (κ2) is 8.69. The second-order valence-electron chi connectivity index (χ2n) is 7.52. The normalized spacial score (nSPS) is 15.6. The third-order valence-corrected chi connectivity index (χ3v) is 5.43. The van der Waals surface area contributed by atoms with Crippen LogP contribution in [0.3, 0.4) is 0 Å². The van der Waals surface area contributed by atoms with Crippen LogP contribution in [0.1, 0.15) is 30.0 Å². The van der Waals surface area contributed by atoms with Crippen molar-refractivity contribution in [1.29, 1.82) is 0 Å². The highest BCUT2D eigenvalue weighted by Gasteiger charge is 2.27. The average molecular weight is 403 g/mol. The number of furan rings is 1. The Morgan fingerprint density at radius 3 is 2.43 bits per heavy atom. The summed E-state index contributed by atoms with van der Waals surface area (Å²) in [6.07, 6.45) is 1.52. The number of piperazine rings is 1. The van der Waals surface area contributed by atoms with E-state index in [1.807, 2.05) is 23.1 Å². The van der Waals surface area contributed by atoms with Gasteiger partial charge in [0.15, 0.2) is 11.7 Å². The molecule has 0 radical (unpaired) electrons. The number of guanidine groups is 1. The van der Waals surface area contributed by atoms with E-state index in [0.29, 0.717) is 25.4 Å². The molecule has 1 saturated heterocycles. The van der Waals surface area contributed by atoms with Crippen molar-refractivity contribution in [3.63, 3.8) is 0 Å². The van der Waals surface area contributed by atoms with Crippen LogP contribution < -0.4 is 5.32 Å². The zero-order valence-electron chi connectivity index (χ0n) is 16.6. The summed E-state index contributed by atoms with van der Waals surface area (Å²) in [5.74, 6) is 1.16. The number of aliphatic imine (C=N–C) groups is 1. The Morgan fingerprint density at radius 1 is 1.14 bits per heavy atom. The molecule has 1 N–H and O–H groups in total. The van der Waals surface area contributed by atoms with Crippen LogP contribution in [0, 0.1) is 0 Å². The van der Waals surface area contributed by atoms with Gasteiger partial charge in [-0.15, -0.1) is 0 Å². The first kappa shape index (κ1) is 20.3. The SMILES string of the molecule is CN=C(NCC(C)(C)c1ccccc1Cl)N1CCN(C(=O)c2ccco2)CC1. The lowest BCUT2D eigenvalue weighted by atomic mass is 9.84. The number of carbonyl (C=O) groups excluding carboxylic acids is 1. The van der Waals surface area contributed by atoms with Gasteiger partial charge in [0.1, 0.15) is 0 Å². The van der Waals surface area contributed by atoms with Crippen molar-refractivity contribution in [1.82, 2.24) is 15.1 Å². The molecule has 3 rings (SSSR count). The van der Waals surface area contributed by atoms with Gasteiger partial charge in [-0.3, -0.25) is 9.79 Å². The van der Waals surface area contributed by atoms with Crippen LogP contribution >= 0.6 is 11.6 Å². The molecule has 2 aromatic rings. The quantitative estimate of drug-likeness (QED) is 0.630. The molecule has 6 nitrogen and oxygen atoms in total. The number of carbonyl (C=O) groups is 1. The summed E-state index contributed by atoms with van der Waals surface area (Å²) in [7, 11) is 1.78. The lowest BCUT2D eigenvalue weighted by Gasteiger charge is -2.37. The molecule has 2 heterocycles. The summed E-state index contributed by atoms with van der Waals surface area (Å²) in [4.78, 5) is 20.8. The van der Waals surface area contributed by atoms with Crippen molar-refractivity contribution in [3.8, 4) is 0 Å². The van der Waals surface area contributed by atoms with Crippen molar-refractivity contribution < 1.29 is 9.21 Å². The lowest BCUT2D eigenvalue weighted by Crippen LogP contribution is -2.54. The Balaban J connectivity index is 1.56. The van der Waals surface area contributed by atoms with Gasteiger partial charge < -0.3 is 19.5 Å². The summed E-state index contributed by atoms with van der Waals surface area (Å²) >= 11 is 6.38. The average Bonchev–Trinajstić information content (AvgIpc) is 3.23. The minimum atomic E-state index is -0.147. The molecule has 1 fully saturated rings. The number of benzene rings is 1. The van der Waals surface area contributed by atoms with Gasteiger partial charge in [-0.1, -0.05) is 43.6 Å². The number of nitrogens with one attached hydrogen (secondary N) is 1. The smallest absolute Gasteiger partial charge is 0.289 e. The Labute approximate surface area is 171 Å². The Morgan fingerprint density at radius 2 is 1.82 bits per heavy atom. The molecule has 0 bridgehead atoms. The fourth-order valence-electron chi connectivity index (χ4n) is 3.42. The molecule has 150 valence electrons. The molecule has 0 spiro atoms. The molecule has 28 heavy (non-hydrogen) atoms. The number of nitrogens with zero attached hydrogens (tertiary/aromatic N) is 3. The topological polar surface area (TPSA) is 61.1 Å². The number of hydrogen-bond acceptors (Lipinski definition) is 3. The van der Waals surface area contributed by atoms with E-state index in [0.717, 1.165) is 29.6 Å². The van der Waals surface area contributed by atoms with Gasteiger partial charge in [0.25, 0.3) is 5.91 Å². The number of amides is 1. The minimum Gasteiger partial charge on any atom is -0.459 e. The Hall–Kier alpha value is -2.47. The van der Waals surface area contributed by atoms with E-state index in [1.54, 1.807) is 19.2 Å². The van der Waals surface area contributed by atoms with Crippen molar-refractivity contribution in [2.24, 2.45) is 4.99 Å². The maximum absolute atomic E-state index is 12.4. The third kappa shape index (κ3) is 4.50. The minimum absolute atomic E-state index is 0.0625. The van der Waals surface area contributed by atoms with E-state index in [-0.39, 0.29) is 11.3 Å². The van der Waals surface area contributed by atoms with E-state index in [4.69, 9.17) is 16.0 Å². The van der Waals surface area contributed by atoms with Crippen LogP contribution in [-0.2, 0) is 5.41 Å². The van der Waals surface area contributed by atoms with Gasteiger partial charge in [0.05, 0.1) is 6.26 Å². The first-order chi connectivity index (χ1) is 13.4. The summed E-state index contributed by atoms with van der Waals surface area (Å²) in [6.45, 7) is 7.73.